The van der Waals surface area contributed by atoms with E-state index in [1.807, 2.05) is 43.7 Å². The molecule has 0 aliphatic carbocycles. The first-order valence-corrected chi connectivity index (χ1v) is 6.91. The Labute approximate surface area is 124 Å². The fourth-order valence-electron chi connectivity index (χ4n) is 2.05. The maximum atomic E-state index is 5.82. The van der Waals surface area contributed by atoms with E-state index in [1.165, 1.54) is 0 Å². The van der Waals surface area contributed by atoms with Gasteiger partial charge in [0.15, 0.2) is 17.3 Å². The van der Waals surface area contributed by atoms with E-state index in [9.17, 15) is 0 Å². The molecule has 1 aromatic heterocycles. The van der Waals surface area contributed by atoms with Gasteiger partial charge >= 0.3 is 0 Å². The third-order valence-electron chi connectivity index (χ3n) is 3.33. The summed E-state index contributed by atoms with van der Waals surface area (Å²) in [5.74, 6) is 3.01. The second-order valence-electron chi connectivity index (χ2n) is 5.18. The van der Waals surface area contributed by atoms with E-state index >= 15 is 0 Å². The smallest absolute Gasteiger partial charge is 0.170 e. The summed E-state index contributed by atoms with van der Waals surface area (Å²) in [6.45, 7) is 4.23. The third-order valence-corrected chi connectivity index (χ3v) is 3.33. The quantitative estimate of drug-likeness (QED) is 0.874. The van der Waals surface area contributed by atoms with Crippen molar-refractivity contribution in [2.75, 3.05) is 7.11 Å². The molecule has 2 rings (SSSR count). The molecule has 0 spiro atoms. The molecule has 1 atom stereocenters. The average Bonchev–Trinajstić information content (AvgIpc) is 2.76. The van der Waals surface area contributed by atoms with Crippen LogP contribution in [0.15, 0.2) is 18.2 Å². The minimum absolute atomic E-state index is 0.114. The number of methoxy groups -OCH3 is 1. The van der Waals surface area contributed by atoms with Crippen LogP contribution in [0, 0.1) is 6.92 Å². The number of rotatable bonds is 6. The zero-order valence-corrected chi connectivity index (χ0v) is 13.0. The number of nitrogens with zero attached hydrogens (tertiary/aromatic N) is 3. The lowest BCUT2D eigenvalue weighted by molar-refractivity contribution is 0.272. The molecule has 0 saturated heterocycles. The predicted molar refractivity (Wildman–Crippen MR) is 80.4 cm³/mol. The molecule has 0 amide bonds. The molecule has 0 bridgehead atoms. The van der Waals surface area contributed by atoms with Crippen molar-refractivity contribution in [1.29, 1.82) is 0 Å². The van der Waals surface area contributed by atoms with Gasteiger partial charge in [0, 0.05) is 13.1 Å². The Balaban J connectivity index is 2.10. The molecule has 1 heterocycles. The Bertz CT molecular complexity index is 608. The van der Waals surface area contributed by atoms with Gasteiger partial charge in [-0.3, -0.25) is 0 Å². The van der Waals surface area contributed by atoms with Gasteiger partial charge in [0.1, 0.15) is 12.4 Å². The van der Waals surface area contributed by atoms with Gasteiger partial charge in [-0.05, 0) is 38.0 Å². The lowest BCUT2D eigenvalue weighted by Gasteiger charge is -2.13. The van der Waals surface area contributed by atoms with Gasteiger partial charge in [-0.25, -0.2) is 0 Å². The van der Waals surface area contributed by atoms with Gasteiger partial charge in [-0.1, -0.05) is 6.07 Å². The van der Waals surface area contributed by atoms with E-state index in [-0.39, 0.29) is 6.04 Å². The fourth-order valence-corrected chi connectivity index (χ4v) is 2.05. The molecular formula is C15H22N4O2. The second-order valence-corrected chi connectivity index (χ2v) is 5.18. The van der Waals surface area contributed by atoms with Crippen LogP contribution < -0.4 is 15.2 Å². The standard InChI is InChI=1S/C15H22N4O2/c1-10(16)7-12-5-6-13(14(8-12)20-4)21-9-15-18-17-11(2)19(15)3/h5-6,8,10H,7,9,16H2,1-4H3. The van der Waals surface area contributed by atoms with E-state index in [2.05, 4.69) is 10.2 Å². The fraction of sp³-hybridized carbons (Fsp3) is 0.467. The van der Waals surface area contributed by atoms with E-state index < -0.39 is 0 Å². The van der Waals surface area contributed by atoms with Crippen molar-refractivity contribution in [3.8, 4) is 11.5 Å². The number of hydrogen-bond donors (Lipinski definition) is 1. The average molecular weight is 290 g/mol. The van der Waals surface area contributed by atoms with Gasteiger partial charge in [-0.15, -0.1) is 10.2 Å². The zero-order chi connectivity index (χ0) is 15.4. The third kappa shape index (κ3) is 3.72. The summed E-state index contributed by atoms with van der Waals surface area (Å²) in [6.07, 6.45) is 0.805. The summed E-state index contributed by atoms with van der Waals surface area (Å²) in [5, 5.41) is 8.08. The van der Waals surface area contributed by atoms with E-state index in [0.717, 1.165) is 23.6 Å². The number of nitrogens with two attached hydrogens (primary N) is 1. The van der Waals surface area contributed by atoms with Crippen LogP contribution >= 0.6 is 0 Å². The van der Waals surface area contributed by atoms with Crippen LogP contribution in [0.25, 0.3) is 0 Å². The summed E-state index contributed by atoms with van der Waals surface area (Å²) in [5.41, 5.74) is 6.95. The molecule has 1 aromatic carbocycles. The molecule has 21 heavy (non-hydrogen) atoms. The van der Waals surface area contributed by atoms with Crippen molar-refractivity contribution < 1.29 is 9.47 Å². The molecule has 0 aliphatic heterocycles. The minimum atomic E-state index is 0.114. The number of benzene rings is 1. The number of aromatic nitrogens is 3. The van der Waals surface area contributed by atoms with Crippen LogP contribution in [0.4, 0.5) is 0 Å². The zero-order valence-electron chi connectivity index (χ0n) is 13.0. The van der Waals surface area contributed by atoms with Crippen molar-refractivity contribution in [3.63, 3.8) is 0 Å². The molecular weight excluding hydrogens is 268 g/mol. The van der Waals surface area contributed by atoms with Gasteiger partial charge in [0.05, 0.1) is 7.11 Å². The number of hydrogen-bond acceptors (Lipinski definition) is 5. The van der Waals surface area contributed by atoms with E-state index in [0.29, 0.717) is 18.1 Å². The van der Waals surface area contributed by atoms with Crippen LogP contribution in [-0.4, -0.2) is 27.9 Å². The van der Waals surface area contributed by atoms with Crippen molar-refractivity contribution in [3.05, 3.63) is 35.4 Å². The molecule has 114 valence electrons. The Morgan fingerprint density at radius 1 is 1.29 bits per heavy atom. The minimum Gasteiger partial charge on any atom is -0.493 e. The van der Waals surface area contributed by atoms with Crippen LogP contribution in [-0.2, 0) is 20.1 Å². The first kappa shape index (κ1) is 15.3. The van der Waals surface area contributed by atoms with Crippen LogP contribution in [0.3, 0.4) is 0 Å². The van der Waals surface area contributed by atoms with E-state index in [4.69, 9.17) is 15.2 Å². The topological polar surface area (TPSA) is 75.2 Å². The largest absolute Gasteiger partial charge is 0.493 e. The molecule has 2 aromatic rings. The molecule has 0 fully saturated rings. The summed E-state index contributed by atoms with van der Waals surface area (Å²) >= 11 is 0. The number of ether oxygens (including phenoxy) is 2. The molecule has 2 N–H and O–H groups in total. The lowest BCUT2D eigenvalue weighted by Crippen LogP contribution is -2.17. The normalized spacial score (nSPS) is 12.2. The Morgan fingerprint density at radius 3 is 2.62 bits per heavy atom. The highest BCUT2D eigenvalue weighted by Crippen LogP contribution is 2.29. The van der Waals surface area contributed by atoms with Crippen molar-refractivity contribution in [2.45, 2.75) is 32.9 Å². The van der Waals surface area contributed by atoms with Crippen molar-refractivity contribution in [1.82, 2.24) is 14.8 Å². The highest BCUT2D eigenvalue weighted by molar-refractivity contribution is 5.43. The van der Waals surface area contributed by atoms with Gasteiger partial charge < -0.3 is 19.8 Å². The van der Waals surface area contributed by atoms with Crippen molar-refractivity contribution in [2.24, 2.45) is 12.8 Å². The molecule has 1 unspecified atom stereocenters. The first-order chi connectivity index (χ1) is 10.0. The van der Waals surface area contributed by atoms with Crippen molar-refractivity contribution >= 4 is 0 Å². The Morgan fingerprint density at radius 2 is 2.05 bits per heavy atom. The van der Waals surface area contributed by atoms with Crippen LogP contribution in [0.5, 0.6) is 11.5 Å². The molecule has 6 nitrogen and oxygen atoms in total. The molecule has 0 aliphatic rings. The summed E-state index contributed by atoms with van der Waals surface area (Å²) in [7, 11) is 3.54. The van der Waals surface area contributed by atoms with Crippen LogP contribution in [0.2, 0.25) is 0 Å². The molecule has 0 saturated carbocycles. The summed E-state index contributed by atoms with van der Waals surface area (Å²) < 4.78 is 13.1. The highest BCUT2D eigenvalue weighted by Gasteiger charge is 2.10. The second kappa shape index (κ2) is 6.58. The van der Waals surface area contributed by atoms with Crippen LogP contribution in [0.1, 0.15) is 24.1 Å². The lowest BCUT2D eigenvalue weighted by atomic mass is 10.1. The van der Waals surface area contributed by atoms with E-state index in [1.54, 1.807) is 7.11 Å². The Kier molecular flexibility index (Phi) is 4.80. The maximum absolute atomic E-state index is 5.82. The SMILES string of the molecule is COc1cc(CC(C)N)ccc1OCc1nnc(C)n1C. The summed E-state index contributed by atoms with van der Waals surface area (Å²) in [4.78, 5) is 0. The summed E-state index contributed by atoms with van der Waals surface area (Å²) in [6, 6.07) is 5.98. The Hall–Kier alpha value is -2.08. The van der Waals surface area contributed by atoms with Gasteiger partial charge in [0.2, 0.25) is 0 Å². The van der Waals surface area contributed by atoms with Gasteiger partial charge in [0.25, 0.3) is 0 Å². The van der Waals surface area contributed by atoms with Gasteiger partial charge in [-0.2, -0.15) is 0 Å². The molecule has 6 heteroatoms. The number of aryl methyl sites for hydroxylation is 1. The highest BCUT2D eigenvalue weighted by atomic mass is 16.5. The molecule has 0 radical (unpaired) electrons. The monoisotopic (exact) mass is 290 g/mol. The first-order valence-electron chi connectivity index (χ1n) is 6.91. The maximum Gasteiger partial charge on any atom is 0.170 e. The predicted octanol–water partition coefficient (Wildman–Crippen LogP) is 1.60.